The second kappa shape index (κ2) is 2.73. The van der Waals surface area contributed by atoms with Crippen LogP contribution in [0.5, 0.6) is 0 Å². The van der Waals surface area contributed by atoms with Gasteiger partial charge in [0.05, 0.1) is 6.54 Å². The van der Waals surface area contributed by atoms with Crippen LogP contribution in [0.3, 0.4) is 0 Å². The number of rotatable bonds is 1. The highest BCUT2D eigenvalue weighted by Gasteiger charge is 2.43. The van der Waals surface area contributed by atoms with E-state index in [9.17, 15) is 13.6 Å². The quantitative estimate of drug-likeness (QED) is 0.549. The van der Waals surface area contributed by atoms with Gasteiger partial charge in [-0.25, -0.2) is 8.78 Å². The Balaban J connectivity index is 2.58. The van der Waals surface area contributed by atoms with Crippen molar-refractivity contribution in [3.8, 4) is 0 Å². The van der Waals surface area contributed by atoms with Crippen LogP contribution in [0.2, 0.25) is 0 Å². The number of nitrogens with zero attached hydrogens (tertiary/aromatic N) is 1. The molecule has 0 aromatic heterocycles. The molecule has 1 aliphatic rings. The molecule has 0 saturated carbocycles. The van der Waals surface area contributed by atoms with E-state index in [0.717, 1.165) is 4.90 Å². The summed E-state index contributed by atoms with van der Waals surface area (Å²) >= 11 is 0. The minimum absolute atomic E-state index is 0.0499. The van der Waals surface area contributed by atoms with E-state index in [0.29, 0.717) is 6.41 Å². The van der Waals surface area contributed by atoms with E-state index in [1.165, 1.54) is 0 Å². The van der Waals surface area contributed by atoms with Gasteiger partial charge in [0, 0.05) is 6.54 Å². The van der Waals surface area contributed by atoms with Crippen LogP contribution in [0.4, 0.5) is 8.78 Å². The van der Waals surface area contributed by atoms with Crippen molar-refractivity contribution < 1.29 is 18.7 Å². The molecule has 1 rings (SSSR count). The molecule has 0 aromatic rings. The molecule has 0 aromatic carbocycles. The third-order valence-electron chi connectivity index (χ3n) is 1.74. The molecule has 0 radical (unpaired) electrons. The Kier molecular flexibility index (Phi) is 2.08. The molecular formula is C6H9F2NO2. The van der Waals surface area contributed by atoms with Crippen molar-refractivity contribution >= 4 is 6.41 Å². The molecule has 1 N–H and O–H groups in total. The Morgan fingerprint density at radius 2 is 2.27 bits per heavy atom. The first-order chi connectivity index (χ1) is 5.06. The number of likely N-dealkylation sites (tertiary alicyclic amines) is 1. The fourth-order valence-electron chi connectivity index (χ4n) is 1.04. The highest BCUT2D eigenvalue weighted by molar-refractivity contribution is 5.47. The van der Waals surface area contributed by atoms with Gasteiger partial charge in [-0.2, -0.15) is 0 Å². The van der Waals surface area contributed by atoms with E-state index in [-0.39, 0.29) is 13.0 Å². The molecule has 1 amide bonds. The number of amides is 1. The van der Waals surface area contributed by atoms with Crippen molar-refractivity contribution in [2.24, 2.45) is 0 Å². The van der Waals surface area contributed by atoms with Crippen molar-refractivity contribution in [2.75, 3.05) is 13.1 Å². The van der Waals surface area contributed by atoms with Crippen LogP contribution in [0.1, 0.15) is 6.42 Å². The van der Waals surface area contributed by atoms with Gasteiger partial charge in [-0.05, 0) is 6.42 Å². The Morgan fingerprint density at radius 3 is 2.73 bits per heavy atom. The average molecular weight is 165 g/mol. The maximum atomic E-state index is 12.6. The first-order valence-corrected chi connectivity index (χ1v) is 3.31. The van der Waals surface area contributed by atoms with Crippen LogP contribution in [-0.4, -0.2) is 41.5 Å². The summed E-state index contributed by atoms with van der Waals surface area (Å²) in [6.45, 7) is -0.460. The number of carbonyl (C=O) groups excluding carboxylic acids is 1. The number of halogens is 2. The molecule has 1 aliphatic heterocycles. The third-order valence-corrected chi connectivity index (χ3v) is 1.74. The predicted molar refractivity (Wildman–Crippen MR) is 33.2 cm³/mol. The van der Waals surface area contributed by atoms with Gasteiger partial charge < -0.3 is 10.0 Å². The minimum Gasteiger partial charge on any atom is -0.387 e. The monoisotopic (exact) mass is 165 g/mol. The second-order valence-corrected chi connectivity index (χ2v) is 2.64. The van der Waals surface area contributed by atoms with Gasteiger partial charge in [0.1, 0.15) is 6.10 Å². The number of hydrogen-bond donors (Lipinski definition) is 1. The maximum absolute atomic E-state index is 12.6. The van der Waals surface area contributed by atoms with Crippen molar-refractivity contribution in [2.45, 2.75) is 18.4 Å². The van der Waals surface area contributed by atoms with Gasteiger partial charge in [-0.15, -0.1) is 0 Å². The second-order valence-electron chi connectivity index (χ2n) is 2.64. The van der Waals surface area contributed by atoms with Crippen molar-refractivity contribution in [3.63, 3.8) is 0 Å². The van der Waals surface area contributed by atoms with Gasteiger partial charge >= 0.3 is 0 Å². The summed E-state index contributed by atoms with van der Waals surface area (Å²) in [4.78, 5) is 11.0. The molecule has 1 unspecified atom stereocenters. The number of aliphatic hydroxyl groups excluding tert-OH is 1. The molecule has 3 nitrogen and oxygen atoms in total. The molecule has 1 atom stereocenters. The van der Waals surface area contributed by atoms with Crippen LogP contribution >= 0.6 is 0 Å². The lowest BCUT2D eigenvalue weighted by atomic mass is 10.1. The third kappa shape index (κ3) is 1.65. The minimum atomic E-state index is -3.14. The predicted octanol–water partition coefficient (Wildman–Crippen LogP) is -0.155. The van der Waals surface area contributed by atoms with Crippen LogP contribution in [0, 0.1) is 0 Å². The van der Waals surface area contributed by atoms with Gasteiger partial charge in [-0.3, -0.25) is 4.79 Å². The summed E-state index contributed by atoms with van der Waals surface area (Å²) < 4.78 is 25.2. The summed E-state index contributed by atoms with van der Waals surface area (Å²) in [7, 11) is 0. The van der Waals surface area contributed by atoms with Crippen LogP contribution < -0.4 is 0 Å². The molecule has 0 spiro atoms. The fourth-order valence-corrected chi connectivity index (χ4v) is 1.04. The number of carbonyl (C=O) groups is 1. The van der Waals surface area contributed by atoms with E-state index >= 15 is 0 Å². The molecule has 0 aliphatic carbocycles. The Bertz CT molecular complexity index is 163. The van der Waals surface area contributed by atoms with Gasteiger partial charge in [-0.1, -0.05) is 0 Å². The summed E-state index contributed by atoms with van der Waals surface area (Å²) in [5.74, 6) is -3.14. The molecule has 5 heteroatoms. The van der Waals surface area contributed by atoms with E-state index in [1.54, 1.807) is 0 Å². The SMILES string of the molecule is O=CN1CCC(O)C(F)(F)C1. The van der Waals surface area contributed by atoms with Crippen molar-refractivity contribution in [3.05, 3.63) is 0 Å². The van der Waals surface area contributed by atoms with Crippen molar-refractivity contribution in [1.29, 1.82) is 0 Å². The van der Waals surface area contributed by atoms with Gasteiger partial charge in [0.15, 0.2) is 0 Å². The lowest BCUT2D eigenvalue weighted by molar-refractivity contribution is -0.157. The average Bonchev–Trinajstić information content (AvgIpc) is 1.95. The van der Waals surface area contributed by atoms with Crippen LogP contribution in [-0.2, 0) is 4.79 Å². The maximum Gasteiger partial charge on any atom is 0.290 e. The lowest BCUT2D eigenvalue weighted by Crippen LogP contribution is -2.50. The number of hydrogen-bond acceptors (Lipinski definition) is 2. The molecule has 1 fully saturated rings. The Hall–Kier alpha value is -0.710. The zero-order valence-corrected chi connectivity index (χ0v) is 5.83. The first-order valence-electron chi connectivity index (χ1n) is 3.31. The number of piperidine rings is 1. The molecule has 64 valence electrons. The van der Waals surface area contributed by atoms with Crippen LogP contribution in [0.25, 0.3) is 0 Å². The van der Waals surface area contributed by atoms with Crippen molar-refractivity contribution in [1.82, 2.24) is 4.90 Å². The molecule has 0 bridgehead atoms. The highest BCUT2D eigenvalue weighted by atomic mass is 19.3. The summed E-state index contributed by atoms with van der Waals surface area (Å²) in [6.07, 6.45) is -1.27. The first kappa shape index (κ1) is 8.39. The topological polar surface area (TPSA) is 40.5 Å². The molecular weight excluding hydrogens is 156 g/mol. The zero-order chi connectivity index (χ0) is 8.48. The standard InChI is InChI=1S/C6H9F2NO2/c7-6(8)3-9(4-10)2-1-5(6)11/h4-5,11H,1-3H2. The molecule has 1 heterocycles. The summed E-state index contributed by atoms with van der Waals surface area (Å²) in [6, 6.07) is 0. The largest absolute Gasteiger partial charge is 0.387 e. The van der Waals surface area contributed by atoms with Gasteiger partial charge in [0.2, 0.25) is 6.41 Å². The van der Waals surface area contributed by atoms with E-state index < -0.39 is 18.6 Å². The number of aliphatic hydroxyl groups is 1. The fraction of sp³-hybridized carbons (Fsp3) is 0.833. The Labute approximate surface area is 62.6 Å². The van der Waals surface area contributed by atoms with E-state index in [4.69, 9.17) is 5.11 Å². The molecule has 1 saturated heterocycles. The normalized spacial score (nSPS) is 30.1. The van der Waals surface area contributed by atoms with Crippen LogP contribution in [0.15, 0.2) is 0 Å². The van der Waals surface area contributed by atoms with E-state index in [2.05, 4.69) is 0 Å². The summed E-state index contributed by atoms with van der Waals surface area (Å²) in [5, 5.41) is 8.76. The Morgan fingerprint density at radius 1 is 1.64 bits per heavy atom. The zero-order valence-electron chi connectivity index (χ0n) is 5.83. The smallest absolute Gasteiger partial charge is 0.290 e. The van der Waals surface area contributed by atoms with E-state index in [1.807, 2.05) is 0 Å². The lowest BCUT2D eigenvalue weighted by Gasteiger charge is -2.33. The number of alkyl halides is 2. The van der Waals surface area contributed by atoms with Gasteiger partial charge in [0.25, 0.3) is 5.92 Å². The molecule has 11 heavy (non-hydrogen) atoms. The summed E-state index contributed by atoms with van der Waals surface area (Å²) in [5.41, 5.74) is 0. The highest BCUT2D eigenvalue weighted by Crippen LogP contribution is 2.26.